The third-order valence-corrected chi connectivity index (χ3v) is 3.40. The number of halogens is 3. The summed E-state index contributed by atoms with van der Waals surface area (Å²) in [6, 6.07) is 11.4. The number of nitrogens with one attached hydrogen (secondary N) is 1. The van der Waals surface area contributed by atoms with E-state index in [1.807, 2.05) is 31.3 Å². The molecule has 0 radical (unpaired) electrons. The minimum atomic E-state index is -0.831. The average molecular weight is 282 g/mol. The van der Waals surface area contributed by atoms with Gasteiger partial charge in [-0.15, -0.1) is 0 Å². The van der Waals surface area contributed by atoms with Crippen molar-refractivity contribution in [3.05, 3.63) is 70.2 Å². The van der Waals surface area contributed by atoms with Crippen LogP contribution in [-0.2, 0) is 6.42 Å². The van der Waals surface area contributed by atoms with E-state index in [1.165, 1.54) is 6.07 Å². The Hall–Kier alpha value is -1.45. The maximum absolute atomic E-state index is 13.2. The Morgan fingerprint density at radius 2 is 1.84 bits per heavy atom. The second-order valence-corrected chi connectivity index (χ2v) is 4.72. The molecule has 0 saturated carbocycles. The monoisotopic (exact) mass is 281 g/mol. The first-order valence-corrected chi connectivity index (χ1v) is 6.35. The number of rotatable bonds is 4. The van der Waals surface area contributed by atoms with E-state index in [0.29, 0.717) is 11.4 Å². The number of hydrogen-bond donors (Lipinski definition) is 1. The number of likely N-dealkylation sites (N-methyl/N-ethyl adjacent to an activating group) is 1. The summed E-state index contributed by atoms with van der Waals surface area (Å²) in [5.74, 6) is -1.66. The van der Waals surface area contributed by atoms with Gasteiger partial charge in [0.2, 0.25) is 0 Å². The van der Waals surface area contributed by atoms with Crippen LogP contribution in [0.2, 0.25) is 5.02 Å². The van der Waals surface area contributed by atoms with E-state index in [1.54, 1.807) is 6.07 Å². The van der Waals surface area contributed by atoms with Crippen LogP contribution in [0.25, 0.3) is 0 Å². The minimum absolute atomic E-state index is 0.0430. The Labute approximate surface area is 116 Å². The van der Waals surface area contributed by atoms with Gasteiger partial charge in [0.15, 0.2) is 11.6 Å². The molecule has 1 N–H and O–H groups in total. The van der Waals surface area contributed by atoms with Gasteiger partial charge in [-0.1, -0.05) is 35.9 Å². The summed E-state index contributed by atoms with van der Waals surface area (Å²) in [7, 11) is 1.81. The Balaban J connectivity index is 2.24. The molecule has 2 rings (SSSR count). The Morgan fingerprint density at radius 3 is 2.47 bits per heavy atom. The predicted molar refractivity (Wildman–Crippen MR) is 73.3 cm³/mol. The van der Waals surface area contributed by atoms with Crippen molar-refractivity contribution in [2.24, 2.45) is 0 Å². The maximum atomic E-state index is 13.2. The van der Waals surface area contributed by atoms with Gasteiger partial charge >= 0.3 is 0 Å². The lowest BCUT2D eigenvalue weighted by molar-refractivity contribution is 0.504. The predicted octanol–water partition coefficient (Wildman–Crippen LogP) is 4.12. The SMILES string of the molecule is CNC(Cc1ccc(F)c(F)c1)c1ccccc1Cl. The second-order valence-electron chi connectivity index (χ2n) is 4.32. The van der Waals surface area contributed by atoms with Crippen LogP contribution in [0, 0.1) is 11.6 Å². The molecule has 0 aliphatic heterocycles. The van der Waals surface area contributed by atoms with Gasteiger partial charge in [0.1, 0.15) is 0 Å². The van der Waals surface area contributed by atoms with Gasteiger partial charge in [0, 0.05) is 11.1 Å². The highest BCUT2D eigenvalue weighted by Gasteiger charge is 2.14. The minimum Gasteiger partial charge on any atom is -0.313 e. The summed E-state index contributed by atoms with van der Waals surface area (Å²) in [5.41, 5.74) is 1.66. The molecular formula is C15H14ClF2N. The lowest BCUT2D eigenvalue weighted by atomic mass is 9.99. The third-order valence-electron chi connectivity index (χ3n) is 3.05. The molecule has 0 fully saturated rings. The molecule has 0 heterocycles. The molecule has 2 aromatic rings. The maximum Gasteiger partial charge on any atom is 0.159 e. The summed E-state index contributed by atoms with van der Waals surface area (Å²) in [4.78, 5) is 0. The van der Waals surface area contributed by atoms with E-state index >= 15 is 0 Å². The molecule has 1 atom stereocenters. The van der Waals surface area contributed by atoms with Crippen LogP contribution in [0.3, 0.4) is 0 Å². The highest BCUT2D eigenvalue weighted by Crippen LogP contribution is 2.25. The van der Waals surface area contributed by atoms with Crippen LogP contribution in [-0.4, -0.2) is 7.05 Å². The fourth-order valence-corrected chi connectivity index (χ4v) is 2.29. The van der Waals surface area contributed by atoms with Crippen molar-refractivity contribution >= 4 is 11.6 Å². The van der Waals surface area contributed by atoms with Crippen LogP contribution < -0.4 is 5.32 Å². The first-order chi connectivity index (χ1) is 9.11. The largest absolute Gasteiger partial charge is 0.313 e. The van der Waals surface area contributed by atoms with Crippen LogP contribution in [0.15, 0.2) is 42.5 Å². The van der Waals surface area contributed by atoms with Crippen molar-refractivity contribution in [2.45, 2.75) is 12.5 Å². The second kappa shape index (κ2) is 6.13. The van der Waals surface area contributed by atoms with Crippen LogP contribution in [0.1, 0.15) is 17.2 Å². The third kappa shape index (κ3) is 3.31. The van der Waals surface area contributed by atoms with Gasteiger partial charge in [0.25, 0.3) is 0 Å². The zero-order valence-corrected chi connectivity index (χ0v) is 11.2. The standard InChI is InChI=1S/C15H14ClF2N/c1-19-15(11-4-2-3-5-12(11)16)9-10-6-7-13(17)14(18)8-10/h2-8,15,19H,9H2,1H3. The van der Waals surface area contributed by atoms with Crippen molar-refractivity contribution < 1.29 is 8.78 Å². The summed E-state index contributed by atoms with van der Waals surface area (Å²) < 4.78 is 26.1. The molecule has 2 aromatic carbocycles. The molecule has 0 aliphatic carbocycles. The van der Waals surface area contributed by atoms with Gasteiger partial charge in [-0.2, -0.15) is 0 Å². The molecule has 1 nitrogen and oxygen atoms in total. The summed E-state index contributed by atoms with van der Waals surface area (Å²) in [6.45, 7) is 0. The molecule has 1 unspecified atom stereocenters. The zero-order valence-electron chi connectivity index (χ0n) is 10.5. The summed E-state index contributed by atoms with van der Waals surface area (Å²) in [5, 5.41) is 3.80. The highest BCUT2D eigenvalue weighted by atomic mass is 35.5. The molecular weight excluding hydrogens is 268 g/mol. The van der Waals surface area contributed by atoms with Crippen LogP contribution >= 0.6 is 11.6 Å². The normalized spacial score (nSPS) is 12.4. The first kappa shape index (κ1) is 14.0. The van der Waals surface area contributed by atoms with Crippen LogP contribution in [0.4, 0.5) is 8.78 Å². The van der Waals surface area contributed by atoms with Gasteiger partial charge in [-0.25, -0.2) is 8.78 Å². The van der Waals surface area contributed by atoms with E-state index < -0.39 is 11.6 Å². The number of benzene rings is 2. The van der Waals surface area contributed by atoms with Gasteiger partial charge in [0.05, 0.1) is 0 Å². The summed E-state index contributed by atoms with van der Waals surface area (Å²) >= 11 is 6.15. The van der Waals surface area contributed by atoms with Crippen molar-refractivity contribution in [2.75, 3.05) is 7.05 Å². The van der Waals surface area contributed by atoms with Crippen LogP contribution in [0.5, 0.6) is 0 Å². The van der Waals surface area contributed by atoms with Gasteiger partial charge in [-0.3, -0.25) is 0 Å². The lowest BCUT2D eigenvalue weighted by Gasteiger charge is -2.18. The van der Waals surface area contributed by atoms with Crippen molar-refractivity contribution in [3.63, 3.8) is 0 Å². The number of hydrogen-bond acceptors (Lipinski definition) is 1. The molecule has 0 saturated heterocycles. The first-order valence-electron chi connectivity index (χ1n) is 5.97. The van der Waals surface area contributed by atoms with E-state index in [2.05, 4.69) is 5.32 Å². The van der Waals surface area contributed by atoms with Crippen molar-refractivity contribution in [1.29, 1.82) is 0 Å². The van der Waals surface area contributed by atoms with E-state index in [4.69, 9.17) is 11.6 Å². The zero-order chi connectivity index (χ0) is 13.8. The highest BCUT2D eigenvalue weighted by molar-refractivity contribution is 6.31. The quantitative estimate of drug-likeness (QED) is 0.889. The molecule has 0 aliphatic rings. The van der Waals surface area contributed by atoms with Gasteiger partial charge in [-0.05, 0) is 42.8 Å². The molecule has 0 aromatic heterocycles. The molecule has 100 valence electrons. The van der Waals surface area contributed by atoms with Crippen molar-refractivity contribution in [1.82, 2.24) is 5.32 Å². The molecule has 4 heteroatoms. The lowest BCUT2D eigenvalue weighted by Crippen LogP contribution is -2.19. The topological polar surface area (TPSA) is 12.0 Å². The fraction of sp³-hybridized carbons (Fsp3) is 0.200. The van der Waals surface area contributed by atoms with Crippen molar-refractivity contribution in [3.8, 4) is 0 Å². The Morgan fingerprint density at radius 1 is 1.11 bits per heavy atom. The molecule has 0 amide bonds. The molecule has 0 bridgehead atoms. The fourth-order valence-electron chi connectivity index (χ4n) is 2.03. The van der Waals surface area contributed by atoms with E-state index in [-0.39, 0.29) is 6.04 Å². The average Bonchev–Trinajstić information content (AvgIpc) is 2.41. The molecule has 19 heavy (non-hydrogen) atoms. The summed E-state index contributed by atoms with van der Waals surface area (Å²) in [6.07, 6.45) is 0.539. The van der Waals surface area contributed by atoms with Gasteiger partial charge < -0.3 is 5.32 Å². The smallest absolute Gasteiger partial charge is 0.159 e. The van der Waals surface area contributed by atoms with E-state index in [9.17, 15) is 8.78 Å². The Kier molecular flexibility index (Phi) is 4.51. The molecule has 0 spiro atoms. The Bertz CT molecular complexity index is 572. The van der Waals surface area contributed by atoms with E-state index in [0.717, 1.165) is 17.2 Å².